The van der Waals surface area contributed by atoms with Crippen molar-refractivity contribution in [3.63, 3.8) is 0 Å². The average Bonchev–Trinajstić information content (AvgIpc) is 3.11. The number of hydrogen-bond acceptors (Lipinski definition) is 5. The normalized spacial score (nSPS) is 15.9. The van der Waals surface area contributed by atoms with Crippen molar-refractivity contribution >= 4 is 34.7 Å². The van der Waals surface area contributed by atoms with E-state index in [1.807, 2.05) is 12.1 Å². The molecule has 3 aromatic rings. The molecule has 1 atom stereocenters. The molecule has 0 bridgehead atoms. The van der Waals surface area contributed by atoms with Crippen molar-refractivity contribution in [3.05, 3.63) is 71.6 Å². The van der Waals surface area contributed by atoms with Crippen molar-refractivity contribution in [1.29, 1.82) is 5.41 Å². The van der Waals surface area contributed by atoms with Gasteiger partial charge in [-0.05, 0) is 42.2 Å². The second kappa shape index (κ2) is 7.48. The summed E-state index contributed by atoms with van der Waals surface area (Å²) >= 11 is 0. The number of allylic oxidation sites excluding steroid dienone is 1. The quantitative estimate of drug-likeness (QED) is 0.525. The zero-order chi connectivity index (χ0) is 19.5. The highest BCUT2D eigenvalue weighted by atomic mass is 16.2. The molecule has 7 heteroatoms. The van der Waals surface area contributed by atoms with Gasteiger partial charge in [0, 0.05) is 29.7 Å². The maximum absolute atomic E-state index is 12.4. The third-order valence-corrected chi connectivity index (χ3v) is 4.89. The molecule has 0 spiro atoms. The maximum atomic E-state index is 12.4. The minimum atomic E-state index is -0.292. The van der Waals surface area contributed by atoms with Crippen LogP contribution >= 0.6 is 0 Å². The van der Waals surface area contributed by atoms with E-state index in [4.69, 9.17) is 11.1 Å². The zero-order valence-corrected chi connectivity index (χ0v) is 15.1. The van der Waals surface area contributed by atoms with Crippen LogP contribution in [0.25, 0.3) is 16.6 Å². The molecule has 28 heavy (non-hydrogen) atoms. The molecule has 2 aromatic heterocycles. The SMILES string of the molecule is N=CC(=CN)c1cnc2ccc(NC(=O)N[C@H]3CCc4ccccc43)nc2c1. The van der Waals surface area contributed by atoms with Gasteiger partial charge in [0.1, 0.15) is 5.82 Å². The molecule has 5 N–H and O–H groups in total. The fourth-order valence-corrected chi connectivity index (χ4v) is 3.48. The highest BCUT2D eigenvalue weighted by Crippen LogP contribution is 2.30. The highest BCUT2D eigenvalue weighted by molar-refractivity contribution is 6.08. The van der Waals surface area contributed by atoms with Gasteiger partial charge in [0.15, 0.2) is 0 Å². The first-order valence-electron chi connectivity index (χ1n) is 9.03. The van der Waals surface area contributed by atoms with Crippen LogP contribution < -0.4 is 16.4 Å². The molecule has 2 heterocycles. The second-order valence-electron chi connectivity index (χ2n) is 6.61. The van der Waals surface area contributed by atoms with E-state index >= 15 is 0 Å². The summed E-state index contributed by atoms with van der Waals surface area (Å²) in [6.45, 7) is 0. The fourth-order valence-electron chi connectivity index (χ4n) is 3.48. The summed E-state index contributed by atoms with van der Waals surface area (Å²) in [7, 11) is 0. The Morgan fingerprint density at radius 3 is 2.89 bits per heavy atom. The van der Waals surface area contributed by atoms with Crippen LogP contribution in [0.3, 0.4) is 0 Å². The molecule has 1 aliphatic carbocycles. The van der Waals surface area contributed by atoms with E-state index < -0.39 is 0 Å². The molecule has 4 rings (SSSR count). The lowest BCUT2D eigenvalue weighted by atomic mass is 10.1. The number of carbonyl (C=O) groups excluding carboxylic acids is 1. The predicted octanol–water partition coefficient (Wildman–Crippen LogP) is 3.39. The monoisotopic (exact) mass is 372 g/mol. The summed E-state index contributed by atoms with van der Waals surface area (Å²) in [4.78, 5) is 21.3. The number of fused-ring (bicyclic) bond motifs is 2. The van der Waals surface area contributed by atoms with Crippen molar-refractivity contribution in [2.24, 2.45) is 5.73 Å². The van der Waals surface area contributed by atoms with Crippen LogP contribution in [-0.4, -0.2) is 22.2 Å². The number of rotatable bonds is 4. The first-order valence-corrected chi connectivity index (χ1v) is 9.03. The van der Waals surface area contributed by atoms with E-state index in [9.17, 15) is 4.79 Å². The van der Waals surface area contributed by atoms with Crippen LogP contribution in [0.2, 0.25) is 0 Å². The average molecular weight is 372 g/mol. The number of anilines is 1. The Kier molecular flexibility index (Phi) is 4.72. The molecule has 2 amide bonds. The number of aromatic nitrogens is 2. The lowest BCUT2D eigenvalue weighted by Crippen LogP contribution is -2.31. The van der Waals surface area contributed by atoms with Gasteiger partial charge < -0.3 is 16.5 Å². The van der Waals surface area contributed by atoms with Crippen molar-refractivity contribution in [2.45, 2.75) is 18.9 Å². The number of carbonyl (C=O) groups is 1. The van der Waals surface area contributed by atoms with Gasteiger partial charge in [-0.1, -0.05) is 24.3 Å². The molecule has 0 unspecified atom stereocenters. The summed E-state index contributed by atoms with van der Waals surface area (Å²) in [6.07, 6.45) is 6.02. The summed E-state index contributed by atoms with van der Waals surface area (Å²) in [6, 6.07) is 13.2. The van der Waals surface area contributed by atoms with Crippen LogP contribution in [-0.2, 0) is 6.42 Å². The number of amides is 2. The molecule has 1 aliphatic rings. The van der Waals surface area contributed by atoms with Crippen LogP contribution in [0.5, 0.6) is 0 Å². The number of benzene rings is 1. The molecular weight excluding hydrogens is 352 g/mol. The van der Waals surface area contributed by atoms with Gasteiger partial charge >= 0.3 is 6.03 Å². The Labute approximate surface area is 162 Å². The fraction of sp³-hybridized carbons (Fsp3) is 0.143. The molecule has 0 radical (unpaired) electrons. The van der Waals surface area contributed by atoms with Crippen LogP contribution in [0.15, 0.2) is 54.9 Å². The van der Waals surface area contributed by atoms with Crippen molar-refractivity contribution < 1.29 is 4.79 Å². The highest BCUT2D eigenvalue weighted by Gasteiger charge is 2.23. The Balaban J connectivity index is 1.51. The van der Waals surface area contributed by atoms with Gasteiger partial charge in [0.25, 0.3) is 0 Å². The summed E-state index contributed by atoms with van der Waals surface area (Å²) in [5.41, 5.74) is 10.5. The number of aryl methyl sites for hydroxylation is 1. The van der Waals surface area contributed by atoms with Gasteiger partial charge in [0.05, 0.1) is 17.1 Å². The zero-order valence-electron chi connectivity index (χ0n) is 15.1. The number of hydrogen-bond donors (Lipinski definition) is 4. The first-order chi connectivity index (χ1) is 13.7. The molecule has 1 aromatic carbocycles. The number of nitrogens with one attached hydrogen (secondary N) is 3. The lowest BCUT2D eigenvalue weighted by molar-refractivity contribution is 0.248. The predicted molar refractivity (Wildman–Crippen MR) is 110 cm³/mol. The standard InChI is InChI=1S/C21H20N6O/c22-10-15(11-23)14-9-19-18(24-12-14)7-8-20(25-19)27-21(28)26-17-6-5-13-3-1-2-4-16(13)17/h1-4,7-12,17,22H,5-6,23H2,(H2,25,26,27,28)/t17-/m0/s1. The topological polar surface area (TPSA) is 117 Å². The number of nitrogens with zero attached hydrogens (tertiary/aromatic N) is 2. The van der Waals surface area contributed by atoms with E-state index in [2.05, 4.69) is 32.7 Å². The Hall–Kier alpha value is -3.74. The van der Waals surface area contributed by atoms with E-state index in [-0.39, 0.29) is 12.1 Å². The van der Waals surface area contributed by atoms with Crippen LogP contribution in [0.4, 0.5) is 10.6 Å². The minimum Gasteiger partial charge on any atom is -0.404 e. The molecule has 7 nitrogen and oxygen atoms in total. The Bertz CT molecular complexity index is 1090. The minimum absolute atomic E-state index is 0.00904. The number of urea groups is 1. The van der Waals surface area contributed by atoms with Gasteiger partial charge in [-0.2, -0.15) is 0 Å². The summed E-state index contributed by atoms with van der Waals surface area (Å²) in [5, 5.41) is 13.2. The van der Waals surface area contributed by atoms with Gasteiger partial charge in [-0.3, -0.25) is 10.3 Å². The Morgan fingerprint density at radius 1 is 1.21 bits per heavy atom. The molecule has 140 valence electrons. The van der Waals surface area contributed by atoms with Crippen molar-refractivity contribution in [1.82, 2.24) is 15.3 Å². The van der Waals surface area contributed by atoms with E-state index in [1.54, 1.807) is 24.4 Å². The van der Waals surface area contributed by atoms with E-state index in [0.29, 0.717) is 28.0 Å². The first kappa shape index (κ1) is 17.7. The van der Waals surface area contributed by atoms with Gasteiger partial charge in [-0.25, -0.2) is 9.78 Å². The second-order valence-corrected chi connectivity index (χ2v) is 6.61. The smallest absolute Gasteiger partial charge is 0.320 e. The summed E-state index contributed by atoms with van der Waals surface area (Å²) in [5.74, 6) is 0.434. The van der Waals surface area contributed by atoms with Crippen LogP contribution in [0.1, 0.15) is 29.2 Å². The van der Waals surface area contributed by atoms with Crippen LogP contribution in [0, 0.1) is 5.41 Å². The largest absolute Gasteiger partial charge is 0.404 e. The Morgan fingerprint density at radius 2 is 2.07 bits per heavy atom. The molecule has 0 saturated carbocycles. The molecule has 0 saturated heterocycles. The van der Waals surface area contributed by atoms with E-state index in [1.165, 1.54) is 17.3 Å². The molecule has 0 aliphatic heterocycles. The third kappa shape index (κ3) is 3.42. The third-order valence-electron chi connectivity index (χ3n) is 4.89. The van der Waals surface area contributed by atoms with Crippen molar-refractivity contribution in [2.75, 3.05) is 5.32 Å². The number of nitrogens with two attached hydrogens (primary N) is 1. The van der Waals surface area contributed by atoms with Gasteiger partial charge in [0.2, 0.25) is 0 Å². The lowest BCUT2D eigenvalue weighted by Gasteiger charge is -2.14. The number of pyridine rings is 2. The maximum Gasteiger partial charge on any atom is 0.320 e. The van der Waals surface area contributed by atoms with E-state index in [0.717, 1.165) is 19.1 Å². The molecule has 0 fully saturated rings. The van der Waals surface area contributed by atoms with Gasteiger partial charge in [-0.15, -0.1) is 0 Å². The molecular formula is C21H20N6O. The summed E-state index contributed by atoms with van der Waals surface area (Å²) < 4.78 is 0. The van der Waals surface area contributed by atoms with Crippen molar-refractivity contribution in [3.8, 4) is 0 Å².